The van der Waals surface area contributed by atoms with Gasteiger partial charge in [0.25, 0.3) is 0 Å². The van der Waals surface area contributed by atoms with Crippen molar-refractivity contribution >= 4 is 28.7 Å². The molecular formula is C22H41BI-. The molecule has 0 fully saturated rings. The molecule has 0 spiro atoms. The first-order valence-corrected chi connectivity index (χ1v) is 11.0. The molecule has 0 aromatic rings. The third kappa shape index (κ3) is 6.78. The summed E-state index contributed by atoms with van der Waals surface area (Å²) in [5.41, 5.74) is 0.196. The molecule has 0 aromatic heterocycles. The van der Waals surface area contributed by atoms with Crippen LogP contribution in [0.15, 0.2) is 9.56 Å². The molecule has 2 heteroatoms. The Morgan fingerprint density at radius 3 is 1.79 bits per heavy atom. The number of hydrogen-bond acceptors (Lipinski definition) is 0. The highest BCUT2D eigenvalue weighted by Gasteiger charge is 2.39. The first kappa shape index (κ1) is 24.1. The molecule has 2 unspecified atom stereocenters. The van der Waals surface area contributed by atoms with Crippen molar-refractivity contribution < 1.29 is 0 Å². The maximum atomic E-state index is 3.89. The van der Waals surface area contributed by atoms with Gasteiger partial charge in [-0.3, -0.25) is 0 Å². The Hall–Kier alpha value is 0.0949. The molecule has 0 rings (SSSR count). The number of allylic oxidation sites excluding steroid dienone is 1. The molecule has 24 heavy (non-hydrogen) atoms. The number of hydrogen-bond donors (Lipinski definition) is 0. The van der Waals surface area contributed by atoms with Gasteiger partial charge in [-0.2, -0.15) is 15.1 Å². The van der Waals surface area contributed by atoms with Crippen molar-refractivity contribution in [3.05, 3.63) is 9.56 Å². The predicted octanol–water partition coefficient (Wildman–Crippen LogP) is 8.16. The smallest absolute Gasteiger partial charge is 0.110 e. The molecule has 2 atom stereocenters. The van der Waals surface area contributed by atoms with E-state index in [9.17, 15) is 0 Å². The van der Waals surface area contributed by atoms with E-state index in [1.807, 2.05) is 0 Å². The van der Waals surface area contributed by atoms with Gasteiger partial charge in [-0.25, -0.2) is 0 Å². The summed E-state index contributed by atoms with van der Waals surface area (Å²) in [6.45, 7) is 23.5. The third-order valence-corrected chi connectivity index (χ3v) is 7.13. The van der Waals surface area contributed by atoms with E-state index < -0.39 is 6.15 Å². The lowest BCUT2D eigenvalue weighted by atomic mass is 9.12. The summed E-state index contributed by atoms with van der Waals surface area (Å²) in [6.07, 6.45) is 5.08. The van der Waals surface area contributed by atoms with Gasteiger partial charge in [-0.05, 0) is 11.8 Å². The molecule has 0 radical (unpaired) electrons. The molecule has 0 bridgehead atoms. The first-order chi connectivity index (χ1) is 10.9. The molecular weight excluding hydrogens is 402 g/mol. The number of unbranched alkanes of at least 4 members (excludes halogenated alkanes) is 2. The summed E-state index contributed by atoms with van der Waals surface area (Å²) in [6, 6.07) is 0. The van der Waals surface area contributed by atoms with Crippen molar-refractivity contribution in [1.82, 2.24) is 0 Å². The molecule has 0 saturated carbocycles. The quantitative estimate of drug-likeness (QED) is 0.161. The summed E-state index contributed by atoms with van der Waals surface area (Å²) in [7, 11) is 0. The summed E-state index contributed by atoms with van der Waals surface area (Å²) in [5.74, 6) is 9.97. The molecule has 0 saturated heterocycles. The molecule has 0 amide bonds. The van der Waals surface area contributed by atoms with E-state index >= 15 is 0 Å². The van der Waals surface area contributed by atoms with Crippen LogP contribution in [-0.4, -0.2) is 6.15 Å². The van der Waals surface area contributed by atoms with Crippen molar-refractivity contribution in [2.75, 3.05) is 0 Å². The van der Waals surface area contributed by atoms with Gasteiger partial charge in [-0.1, -0.05) is 110 Å². The van der Waals surface area contributed by atoms with E-state index in [4.69, 9.17) is 0 Å². The summed E-state index contributed by atoms with van der Waals surface area (Å²) < 4.78 is 1.51. The van der Waals surface area contributed by atoms with Crippen LogP contribution in [0.1, 0.15) is 88.5 Å². The van der Waals surface area contributed by atoms with E-state index in [1.165, 1.54) is 16.3 Å². The minimum atomic E-state index is -0.878. The van der Waals surface area contributed by atoms with Crippen LogP contribution >= 0.6 is 22.6 Å². The molecule has 0 heterocycles. The monoisotopic (exact) mass is 443 g/mol. The molecule has 140 valence electrons. The Morgan fingerprint density at radius 1 is 1.00 bits per heavy atom. The molecule has 0 nitrogen and oxygen atoms in total. The Labute approximate surface area is 167 Å². The second-order valence-electron chi connectivity index (χ2n) is 9.53. The zero-order valence-corrected chi connectivity index (χ0v) is 20.1. The van der Waals surface area contributed by atoms with Gasteiger partial charge in [0.15, 0.2) is 0 Å². The Bertz CT molecular complexity index is 443. The Balaban J connectivity index is 6.32. The summed E-state index contributed by atoms with van der Waals surface area (Å²) >= 11 is 2.63. The highest BCUT2D eigenvalue weighted by atomic mass is 127. The first-order valence-electron chi connectivity index (χ1n) is 9.95. The zero-order valence-electron chi connectivity index (χ0n) is 18.0. The van der Waals surface area contributed by atoms with Crippen LogP contribution in [0.25, 0.3) is 0 Å². The SMILES string of the molecule is CCCCC#C[B-](/C(I)=C/C(C)(C)C)(C(C)C(C)C)C(C)C(C)C. The highest BCUT2D eigenvalue weighted by Crippen LogP contribution is 2.48. The van der Waals surface area contributed by atoms with Crippen LogP contribution in [0.2, 0.25) is 11.6 Å². The standard InChI is InChI=1S/C22H41BI/c1-11-12-13-14-15-23(19(6)17(2)3,20(7)18(4)5)21(24)16-22(8,9)10/h16-20H,11-13H2,1-10H3/q-1/b21-16-. The maximum Gasteiger partial charge on any atom is 0.110 e. The molecule has 0 aromatic carbocycles. The lowest BCUT2D eigenvalue weighted by molar-refractivity contribution is 0.539. The Kier molecular flexibility index (Phi) is 10.3. The van der Waals surface area contributed by atoms with Crippen molar-refractivity contribution in [3.63, 3.8) is 0 Å². The van der Waals surface area contributed by atoms with Gasteiger partial charge in [0.05, 0.1) is 0 Å². The van der Waals surface area contributed by atoms with Gasteiger partial charge < -0.3 is 5.82 Å². The fraction of sp³-hybridized carbons (Fsp3) is 0.818. The van der Waals surface area contributed by atoms with Crippen LogP contribution in [0.5, 0.6) is 0 Å². The lowest BCUT2D eigenvalue weighted by Gasteiger charge is -2.51. The molecule has 0 aliphatic carbocycles. The van der Waals surface area contributed by atoms with Crippen molar-refractivity contribution in [3.8, 4) is 11.7 Å². The largest absolute Gasteiger partial charge is 0.308 e. The third-order valence-electron chi connectivity index (χ3n) is 5.79. The summed E-state index contributed by atoms with van der Waals surface area (Å²) in [5, 5.41) is 0. The number of halogens is 1. The zero-order chi connectivity index (χ0) is 19.1. The molecule has 0 N–H and O–H groups in total. The van der Waals surface area contributed by atoms with Crippen LogP contribution in [0.4, 0.5) is 0 Å². The topological polar surface area (TPSA) is 0 Å². The number of rotatable bonds is 7. The molecule has 0 aliphatic rings. The predicted molar refractivity (Wildman–Crippen MR) is 123 cm³/mol. The van der Waals surface area contributed by atoms with Gasteiger partial charge in [-0.15, -0.1) is 12.0 Å². The van der Waals surface area contributed by atoms with Crippen molar-refractivity contribution in [2.24, 2.45) is 17.3 Å². The summed E-state index contributed by atoms with van der Waals surface area (Å²) in [4.78, 5) is 0. The minimum Gasteiger partial charge on any atom is -0.308 e. The average Bonchev–Trinajstić information content (AvgIpc) is 2.44. The average molecular weight is 443 g/mol. The van der Waals surface area contributed by atoms with E-state index in [-0.39, 0.29) is 5.41 Å². The fourth-order valence-electron chi connectivity index (χ4n) is 3.58. The van der Waals surface area contributed by atoms with E-state index in [0.717, 1.165) is 6.42 Å². The van der Waals surface area contributed by atoms with Gasteiger partial charge >= 0.3 is 0 Å². The second kappa shape index (κ2) is 10.3. The van der Waals surface area contributed by atoms with Crippen molar-refractivity contribution in [2.45, 2.75) is 100 Å². The van der Waals surface area contributed by atoms with Crippen LogP contribution < -0.4 is 0 Å². The van der Waals surface area contributed by atoms with Gasteiger partial charge in [0.1, 0.15) is 6.15 Å². The molecule has 0 aliphatic heterocycles. The van der Waals surface area contributed by atoms with Crippen LogP contribution in [0, 0.1) is 29.0 Å². The maximum absolute atomic E-state index is 3.89. The lowest BCUT2D eigenvalue weighted by Crippen LogP contribution is -2.47. The van der Waals surface area contributed by atoms with Gasteiger partial charge in [0.2, 0.25) is 0 Å². The van der Waals surface area contributed by atoms with Gasteiger partial charge in [0, 0.05) is 6.42 Å². The normalized spacial score (nSPS) is 18.1. The van der Waals surface area contributed by atoms with Crippen molar-refractivity contribution in [1.29, 1.82) is 0 Å². The second-order valence-corrected chi connectivity index (χ2v) is 10.8. The van der Waals surface area contributed by atoms with E-state index in [1.54, 1.807) is 0 Å². The van der Waals surface area contributed by atoms with Crippen LogP contribution in [0.3, 0.4) is 0 Å². The minimum absolute atomic E-state index is 0.196. The Morgan fingerprint density at radius 2 is 1.46 bits per heavy atom. The van der Waals surface area contributed by atoms with Crippen LogP contribution in [-0.2, 0) is 0 Å². The van der Waals surface area contributed by atoms with E-state index in [2.05, 4.69) is 110 Å². The van der Waals surface area contributed by atoms with E-state index in [0.29, 0.717) is 23.5 Å². The fourth-order valence-corrected chi connectivity index (χ4v) is 5.81. The highest BCUT2D eigenvalue weighted by molar-refractivity contribution is 14.1.